The van der Waals surface area contributed by atoms with Gasteiger partial charge in [-0.15, -0.1) is 0 Å². The number of amides is 1. The smallest absolute Gasteiger partial charge is 0.234 e. The van der Waals surface area contributed by atoms with Crippen molar-refractivity contribution in [1.82, 2.24) is 15.2 Å². The van der Waals surface area contributed by atoms with Crippen molar-refractivity contribution in [2.75, 3.05) is 44.2 Å². The van der Waals surface area contributed by atoms with Crippen LogP contribution in [0.2, 0.25) is 0 Å². The molecule has 0 bridgehead atoms. The van der Waals surface area contributed by atoms with E-state index >= 15 is 0 Å². The van der Waals surface area contributed by atoms with Crippen molar-refractivity contribution in [3.8, 4) is 0 Å². The summed E-state index contributed by atoms with van der Waals surface area (Å²) in [6.45, 7) is 7.18. The molecular weight excluding hydrogens is 264 g/mol. The summed E-state index contributed by atoms with van der Waals surface area (Å²) in [5.74, 6) is 1.18. The molecule has 2 heterocycles. The summed E-state index contributed by atoms with van der Waals surface area (Å²) in [4.78, 5) is 20.7. The number of carbonyl (C=O) groups is 1. The molecule has 0 unspecified atom stereocenters. The number of anilines is 1. The Bertz CT molecular complexity index is 416. The highest BCUT2D eigenvalue weighted by molar-refractivity contribution is 5.78. The molecule has 1 amide bonds. The van der Waals surface area contributed by atoms with E-state index in [2.05, 4.69) is 27.0 Å². The SMILES string of the molecule is CCCCCNC(=O)CN1CCN(c2ccccn2)CC1. The molecule has 1 aliphatic heterocycles. The predicted molar refractivity (Wildman–Crippen MR) is 85.4 cm³/mol. The second kappa shape index (κ2) is 8.62. The third-order valence-electron chi connectivity index (χ3n) is 3.82. The van der Waals surface area contributed by atoms with Crippen LogP contribution < -0.4 is 10.2 Å². The van der Waals surface area contributed by atoms with Crippen LogP contribution in [0.5, 0.6) is 0 Å². The van der Waals surface area contributed by atoms with Crippen LogP contribution in [0.15, 0.2) is 24.4 Å². The first kappa shape index (κ1) is 15.8. The summed E-state index contributed by atoms with van der Waals surface area (Å²) in [6.07, 6.45) is 5.27. The van der Waals surface area contributed by atoms with Crippen LogP contribution in [0, 0.1) is 0 Å². The Balaban J connectivity index is 1.66. The van der Waals surface area contributed by atoms with E-state index in [0.29, 0.717) is 6.54 Å². The lowest BCUT2D eigenvalue weighted by Gasteiger charge is -2.34. The van der Waals surface area contributed by atoms with E-state index < -0.39 is 0 Å². The fourth-order valence-electron chi connectivity index (χ4n) is 2.54. The highest BCUT2D eigenvalue weighted by Gasteiger charge is 2.19. The number of nitrogens with zero attached hydrogens (tertiary/aromatic N) is 3. The van der Waals surface area contributed by atoms with Crippen molar-refractivity contribution in [3.63, 3.8) is 0 Å². The molecule has 1 saturated heterocycles. The van der Waals surface area contributed by atoms with Gasteiger partial charge in [-0.05, 0) is 18.6 Å². The number of piperazine rings is 1. The molecule has 1 aromatic heterocycles. The van der Waals surface area contributed by atoms with Gasteiger partial charge in [0.25, 0.3) is 0 Å². The maximum atomic E-state index is 11.8. The van der Waals surface area contributed by atoms with Gasteiger partial charge < -0.3 is 10.2 Å². The summed E-state index contributed by atoms with van der Waals surface area (Å²) < 4.78 is 0. The normalized spacial score (nSPS) is 16.0. The van der Waals surface area contributed by atoms with Crippen LogP contribution in [0.25, 0.3) is 0 Å². The van der Waals surface area contributed by atoms with Crippen molar-refractivity contribution in [1.29, 1.82) is 0 Å². The van der Waals surface area contributed by atoms with E-state index in [1.54, 1.807) is 0 Å². The van der Waals surface area contributed by atoms with Gasteiger partial charge in [0, 0.05) is 38.9 Å². The van der Waals surface area contributed by atoms with E-state index in [-0.39, 0.29) is 5.91 Å². The minimum atomic E-state index is 0.150. The predicted octanol–water partition coefficient (Wildman–Crippen LogP) is 1.51. The molecule has 1 aliphatic rings. The molecule has 0 spiro atoms. The average molecular weight is 290 g/mol. The van der Waals surface area contributed by atoms with E-state index in [0.717, 1.165) is 45.0 Å². The van der Waals surface area contributed by atoms with Crippen LogP contribution in [0.4, 0.5) is 5.82 Å². The van der Waals surface area contributed by atoms with E-state index in [1.807, 2.05) is 24.4 Å². The maximum Gasteiger partial charge on any atom is 0.234 e. The first-order valence-electron chi connectivity index (χ1n) is 7.94. The number of carbonyl (C=O) groups excluding carboxylic acids is 1. The number of hydrogen-bond acceptors (Lipinski definition) is 4. The zero-order chi connectivity index (χ0) is 14.9. The third-order valence-corrected chi connectivity index (χ3v) is 3.82. The minimum absolute atomic E-state index is 0.150. The fourth-order valence-corrected chi connectivity index (χ4v) is 2.54. The zero-order valence-corrected chi connectivity index (χ0v) is 12.9. The molecule has 5 nitrogen and oxygen atoms in total. The second-order valence-electron chi connectivity index (χ2n) is 5.51. The van der Waals surface area contributed by atoms with Crippen LogP contribution in [-0.2, 0) is 4.79 Å². The van der Waals surface area contributed by atoms with Gasteiger partial charge in [0.2, 0.25) is 5.91 Å². The van der Waals surface area contributed by atoms with Gasteiger partial charge in [0.05, 0.1) is 6.54 Å². The lowest BCUT2D eigenvalue weighted by molar-refractivity contribution is -0.122. The van der Waals surface area contributed by atoms with Gasteiger partial charge in [-0.1, -0.05) is 25.8 Å². The second-order valence-corrected chi connectivity index (χ2v) is 5.51. The summed E-state index contributed by atoms with van der Waals surface area (Å²) >= 11 is 0. The number of unbranched alkanes of at least 4 members (excludes halogenated alkanes) is 2. The Morgan fingerprint density at radius 2 is 2.05 bits per heavy atom. The number of pyridine rings is 1. The molecular formula is C16H26N4O. The molecule has 116 valence electrons. The minimum Gasteiger partial charge on any atom is -0.355 e. The van der Waals surface area contributed by atoms with Crippen LogP contribution in [-0.4, -0.2) is 55.1 Å². The van der Waals surface area contributed by atoms with Gasteiger partial charge in [-0.25, -0.2) is 4.98 Å². The highest BCUT2D eigenvalue weighted by atomic mass is 16.2. The topological polar surface area (TPSA) is 48.5 Å². The molecule has 0 aliphatic carbocycles. The molecule has 1 aromatic rings. The Morgan fingerprint density at radius 3 is 2.71 bits per heavy atom. The molecule has 0 radical (unpaired) electrons. The lowest BCUT2D eigenvalue weighted by atomic mass is 10.2. The summed E-state index contributed by atoms with van der Waals surface area (Å²) in [7, 11) is 0. The van der Waals surface area contributed by atoms with Gasteiger partial charge in [-0.2, -0.15) is 0 Å². The zero-order valence-electron chi connectivity index (χ0n) is 12.9. The third kappa shape index (κ3) is 5.34. The Labute approximate surface area is 127 Å². The molecule has 0 aromatic carbocycles. The van der Waals surface area contributed by atoms with Crippen LogP contribution in [0.3, 0.4) is 0 Å². The summed E-state index contributed by atoms with van der Waals surface area (Å²) in [5.41, 5.74) is 0. The van der Waals surface area contributed by atoms with Crippen LogP contribution in [0.1, 0.15) is 26.2 Å². The van der Waals surface area contributed by atoms with Crippen molar-refractivity contribution in [2.45, 2.75) is 26.2 Å². The van der Waals surface area contributed by atoms with Gasteiger partial charge >= 0.3 is 0 Å². The monoisotopic (exact) mass is 290 g/mol. The van der Waals surface area contributed by atoms with Crippen molar-refractivity contribution >= 4 is 11.7 Å². The summed E-state index contributed by atoms with van der Waals surface area (Å²) in [5, 5.41) is 3.00. The number of aromatic nitrogens is 1. The molecule has 0 saturated carbocycles. The Kier molecular flexibility index (Phi) is 6.47. The van der Waals surface area contributed by atoms with Crippen LogP contribution >= 0.6 is 0 Å². The molecule has 1 fully saturated rings. The quantitative estimate of drug-likeness (QED) is 0.773. The van der Waals surface area contributed by atoms with E-state index in [9.17, 15) is 4.79 Å². The maximum absolute atomic E-state index is 11.8. The van der Waals surface area contributed by atoms with Gasteiger partial charge in [0.1, 0.15) is 5.82 Å². The highest BCUT2D eigenvalue weighted by Crippen LogP contribution is 2.12. The van der Waals surface area contributed by atoms with E-state index in [4.69, 9.17) is 0 Å². The Hall–Kier alpha value is -1.62. The largest absolute Gasteiger partial charge is 0.355 e. The number of rotatable bonds is 7. The lowest BCUT2D eigenvalue weighted by Crippen LogP contribution is -2.49. The first-order valence-corrected chi connectivity index (χ1v) is 7.94. The number of hydrogen-bond donors (Lipinski definition) is 1. The molecule has 2 rings (SSSR count). The molecule has 5 heteroatoms. The van der Waals surface area contributed by atoms with Crippen molar-refractivity contribution < 1.29 is 4.79 Å². The summed E-state index contributed by atoms with van der Waals surface area (Å²) in [6, 6.07) is 5.98. The molecule has 1 N–H and O–H groups in total. The first-order chi connectivity index (χ1) is 10.3. The Morgan fingerprint density at radius 1 is 1.24 bits per heavy atom. The fraction of sp³-hybridized carbons (Fsp3) is 0.625. The standard InChI is InChI=1S/C16H26N4O/c1-2-3-5-9-18-16(21)14-19-10-12-20(13-11-19)15-7-4-6-8-17-15/h4,6-8H,2-3,5,9-14H2,1H3,(H,18,21). The van der Waals surface area contributed by atoms with Crippen molar-refractivity contribution in [2.24, 2.45) is 0 Å². The van der Waals surface area contributed by atoms with Crippen molar-refractivity contribution in [3.05, 3.63) is 24.4 Å². The van der Waals surface area contributed by atoms with Gasteiger partial charge in [-0.3, -0.25) is 9.69 Å². The number of nitrogens with one attached hydrogen (secondary N) is 1. The van der Waals surface area contributed by atoms with E-state index in [1.165, 1.54) is 12.8 Å². The average Bonchev–Trinajstić information content (AvgIpc) is 2.53. The molecule has 0 atom stereocenters. The molecule has 21 heavy (non-hydrogen) atoms. The van der Waals surface area contributed by atoms with Gasteiger partial charge in [0.15, 0.2) is 0 Å².